The van der Waals surface area contributed by atoms with E-state index in [4.69, 9.17) is 0 Å². The molecule has 138 valence electrons. The van der Waals surface area contributed by atoms with Gasteiger partial charge in [0.25, 0.3) is 5.91 Å². The zero-order valence-corrected chi connectivity index (χ0v) is 14.8. The third kappa shape index (κ3) is 3.36. The Kier molecular flexibility index (Phi) is 4.73. The lowest BCUT2D eigenvalue weighted by Gasteiger charge is -2.33. The minimum atomic E-state index is -0.278. The summed E-state index contributed by atoms with van der Waals surface area (Å²) in [5.41, 5.74) is 0.418. The lowest BCUT2D eigenvalue weighted by molar-refractivity contribution is 0.0711. The van der Waals surface area contributed by atoms with Gasteiger partial charge in [0, 0.05) is 38.3 Å². The van der Waals surface area contributed by atoms with Gasteiger partial charge in [0.05, 0.1) is 5.56 Å². The molecular weight excluding hydrogens is 332 g/mol. The molecule has 0 unspecified atom stereocenters. The zero-order chi connectivity index (χ0) is 17.9. The highest BCUT2D eigenvalue weighted by molar-refractivity contribution is 5.99. The van der Waals surface area contributed by atoms with Crippen molar-refractivity contribution in [3.05, 3.63) is 40.2 Å². The molecular formula is C18H24N6O2. The van der Waals surface area contributed by atoms with Crippen molar-refractivity contribution in [3.63, 3.8) is 0 Å². The fourth-order valence-electron chi connectivity index (χ4n) is 3.92. The molecule has 2 fully saturated rings. The number of pyridine rings is 1. The zero-order valence-electron chi connectivity index (χ0n) is 14.8. The van der Waals surface area contributed by atoms with E-state index in [-0.39, 0.29) is 17.5 Å². The lowest BCUT2D eigenvalue weighted by atomic mass is 9.95. The van der Waals surface area contributed by atoms with Crippen LogP contribution in [0.3, 0.4) is 0 Å². The van der Waals surface area contributed by atoms with Crippen LogP contribution in [0.2, 0.25) is 0 Å². The van der Waals surface area contributed by atoms with Crippen molar-refractivity contribution in [2.75, 3.05) is 31.1 Å². The van der Waals surface area contributed by atoms with Gasteiger partial charge < -0.3 is 9.80 Å². The van der Waals surface area contributed by atoms with E-state index in [0.29, 0.717) is 24.5 Å². The summed E-state index contributed by atoms with van der Waals surface area (Å²) in [5, 5.41) is 6.44. The number of likely N-dealkylation sites (tertiary alicyclic amines) is 1. The summed E-state index contributed by atoms with van der Waals surface area (Å²) in [6.45, 7) is 3.25. The van der Waals surface area contributed by atoms with Crippen LogP contribution in [-0.4, -0.2) is 57.2 Å². The predicted molar refractivity (Wildman–Crippen MR) is 97.4 cm³/mol. The molecule has 1 amide bonds. The fraction of sp³-hybridized carbons (Fsp3) is 0.556. The SMILES string of the molecule is O=C(c1cccnc1N1CCCCC1)N1CCC(c2n[nH]c(=O)[nH]2)CC1. The molecule has 0 atom stereocenters. The van der Waals surface area contributed by atoms with Crippen molar-refractivity contribution >= 4 is 11.7 Å². The molecule has 8 heteroatoms. The number of nitrogens with zero attached hydrogens (tertiary/aromatic N) is 4. The van der Waals surface area contributed by atoms with E-state index >= 15 is 0 Å². The van der Waals surface area contributed by atoms with E-state index in [1.165, 1.54) is 6.42 Å². The van der Waals surface area contributed by atoms with Crippen molar-refractivity contribution in [1.29, 1.82) is 0 Å². The number of hydrogen-bond acceptors (Lipinski definition) is 5. The number of carbonyl (C=O) groups is 1. The number of amides is 1. The molecule has 2 aliphatic heterocycles. The Labute approximate surface area is 151 Å². The number of hydrogen-bond donors (Lipinski definition) is 2. The molecule has 2 N–H and O–H groups in total. The maximum Gasteiger partial charge on any atom is 0.340 e. The van der Waals surface area contributed by atoms with Crippen molar-refractivity contribution in [1.82, 2.24) is 25.1 Å². The highest BCUT2D eigenvalue weighted by Crippen LogP contribution is 2.28. The summed E-state index contributed by atoms with van der Waals surface area (Å²) in [6.07, 6.45) is 6.91. The second-order valence-electron chi connectivity index (χ2n) is 7.05. The molecule has 26 heavy (non-hydrogen) atoms. The fourth-order valence-corrected chi connectivity index (χ4v) is 3.92. The van der Waals surface area contributed by atoms with Crippen molar-refractivity contribution in [2.24, 2.45) is 0 Å². The molecule has 2 aliphatic rings. The highest BCUT2D eigenvalue weighted by atomic mass is 16.2. The van der Waals surface area contributed by atoms with E-state index in [9.17, 15) is 9.59 Å². The first-order chi connectivity index (χ1) is 12.7. The first kappa shape index (κ1) is 16.8. The van der Waals surface area contributed by atoms with Gasteiger partial charge in [-0.25, -0.2) is 14.9 Å². The molecule has 8 nitrogen and oxygen atoms in total. The number of H-pyrrole nitrogens is 2. The van der Waals surface area contributed by atoms with E-state index in [1.54, 1.807) is 6.20 Å². The number of carbonyl (C=O) groups excluding carboxylic acids is 1. The number of rotatable bonds is 3. The van der Waals surface area contributed by atoms with Crippen LogP contribution in [0.5, 0.6) is 0 Å². The highest BCUT2D eigenvalue weighted by Gasteiger charge is 2.28. The van der Waals surface area contributed by atoms with Gasteiger partial charge in [-0.3, -0.25) is 9.78 Å². The Morgan fingerprint density at radius 2 is 1.88 bits per heavy atom. The normalized spacial score (nSPS) is 18.9. The summed E-state index contributed by atoms with van der Waals surface area (Å²) < 4.78 is 0. The Bertz CT molecular complexity index is 815. The lowest BCUT2D eigenvalue weighted by Crippen LogP contribution is -2.39. The maximum absolute atomic E-state index is 13.1. The van der Waals surface area contributed by atoms with Crippen LogP contribution >= 0.6 is 0 Å². The number of aromatic nitrogens is 4. The van der Waals surface area contributed by atoms with E-state index in [1.807, 2.05) is 17.0 Å². The average Bonchev–Trinajstić information content (AvgIpc) is 3.14. The van der Waals surface area contributed by atoms with Crippen LogP contribution in [0.1, 0.15) is 54.2 Å². The van der Waals surface area contributed by atoms with E-state index in [0.717, 1.165) is 44.6 Å². The van der Waals surface area contributed by atoms with Gasteiger partial charge in [-0.1, -0.05) is 0 Å². The van der Waals surface area contributed by atoms with Crippen molar-refractivity contribution < 1.29 is 4.79 Å². The number of nitrogens with one attached hydrogen (secondary N) is 2. The molecule has 0 aromatic carbocycles. The van der Waals surface area contributed by atoms with Gasteiger partial charge >= 0.3 is 5.69 Å². The third-order valence-corrected chi connectivity index (χ3v) is 5.36. The Balaban J connectivity index is 1.46. The maximum atomic E-state index is 13.1. The first-order valence-corrected chi connectivity index (χ1v) is 9.36. The van der Waals surface area contributed by atoms with Crippen LogP contribution < -0.4 is 10.6 Å². The first-order valence-electron chi connectivity index (χ1n) is 9.36. The van der Waals surface area contributed by atoms with Gasteiger partial charge in [0.2, 0.25) is 0 Å². The molecule has 0 saturated carbocycles. The van der Waals surface area contributed by atoms with Gasteiger partial charge in [0.15, 0.2) is 0 Å². The summed E-state index contributed by atoms with van der Waals surface area (Å²) in [6, 6.07) is 3.72. The second kappa shape index (κ2) is 7.31. The molecule has 0 radical (unpaired) electrons. The van der Waals surface area contributed by atoms with Gasteiger partial charge in [0.1, 0.15) is 11.6 Å². The molecule has 0 spiro atoms. The third-order valence-electron chi connectivity index (χ3n) is 5.36. The summed E-state index contributed by atoms with van der Waals surface area (Å²) >= 11 is 0. The quantitative estimate of drug-likeness (QED) is 0.868. The minimum Gasteiger partial charge on any atom is -0.356 e. The van der Waals surface area contributed by atoms with E-state index in [2.05, 4.69) is 25.1 Å². The van der Waals surface area contributed by atoms with Crippen LogP contribution in [-0.2, 0) is 0 Å². The largest absolute Gasteiger partial charge is 0.356 e. The molecule has 2 saturated heterocycles. The Hall–Kier alpha value is -2.64. The summed E-state index contributed by atoms with van der Waals surface area (Å²) in [4.78, 5) is 35.7. The number of piperidine rings is 2. The van der Waals surface area contributed by atoms with Crippen molar-refractivity contribution in [2.45, 2.75) is 38.0 Å². The Morgan fingerprint density at radius 3 is 2.58 bits per heavy atom. The topological polar surface area (TPSA) is 98.0 Å². The monoisotopic (exact) mass is 356 g/mol. The molecule has 4 rings (SSSR count). The molecule has 2 aromatic heterocycles. The minimum absolute atomic E-state index is 0.0487. The van der Waals surface area contributed by atoms with Gasteiger partial charge in [-0.05, 0) is 44.2 Å². The smallest absolute Gasteiger partial charge is 0.340 e. The van der Waals surface area contributed by atoms with Crippen molar-refractivity contribution in [3.8, 4) is 0 Å². The molecule has 4 heterocycles. The average molecular weight is 356 g/mol. The van der Waals surface area contributed by atoms with E-state index < -0.39 is 0 Å². The Morgan fingerprint density at radius 1 is 1.12 bits per heavy atom. The summed E-state index contributed by atoms with van der Waals surface area (Å²) in [7, 11) is 0. The van der Waals surface area contributed by atoms with Crippen LogP contribution in [0, 0.1) is 0 Å². The second-order valence-corrected chi connectivity index (χ2v) is 7.05. The molecule has 0 bridgehead atoms. The standard InChI is InChI=1S/C18H24N6O2/c25-17(14-5-4-8-19-16(14)23-9-2-1-3-10-23)24-11-6-13(7-12-24)15-20-18(26)22-21-15/h4-5,8,13H,1-3,6-7,9-12H2,(H2,20,21,22,26). The van der Waals surface area contributed by atoms with Crippen LogP contribution in [0.15, 0.2) is 23.1 Å². The number of anilines is 1. The van der Waals surface area contributed by atoms with Gasteiger partial charge in [-0.15, -0.1) is 0 Å². The summed E-state index contributed by atoms with van der Waals surface area (Å²) in [5.74, 6) is 1.74. The van der Waals surface area contributed by atoms with Crippen LogP contribution in [0.4, 0.5) is 5.82 Å². The molecule has 0 aliphatic carbocycles. The van der Waals surface area contributed by atoms with Gasteiger partial charge in [-0.2, -0.15) is 5.10 Å². The number of aromatic amines is 2. The van der Waals surface area contributed by atoms with Crippen LogP contribution in [0.25, 0.3) is 0 Å². The molecule has 2 aromatic rings. The predicted octanol–water partition coefficient (Wildman–Crippen LogP) is 1.50.